The van der Waals surface area contributed by atoms with E-state index in [2.05, 4.69) is 41.9 Å². The molecule has 4 atom stereocenters. The molecule has 2 saturated heterocycles. The molecule has 0 bridgehead atoms. The number of carboxylic acid groups (broad SMARTS) is 1. The van der Waals surface area contributed by atoms with Gasteiger partial charge in [0.15, 0.2) is 0 Å². The highest BCUT2D eigenvalue weighted by Gasteiger charge is 2.54. The third-order valence-electron chi connectivity index (χ3n) is 11.2. The van der Waals surface area contributed by atoms with Crippen molar-refractivity contribution in [3.05, 3.63) is 105 Å². The number of pyridine rings is 1. The highest BCUT2D eigenvalue weighted by Crippen LogP contribution is 2.45. The molecular formula is C43H47ClN4O6. The fourth-order valence-electron chi connectivity index (χ4n) is 8.00. The van der Waals surface area contributed by atoms with Gasteiger partial charge in [0.05, 0.1) is 23.3 Å². The SMILES string of the molecule is Cc1c(COc2cc(OCc3cncc(C#N)c3)c(CN3CCCC[C@H]3C(=O)O)cc2Cl)cccc1-c1cccc(OCCCN2CC3C(O)[C@@H]3C2)c1C. The van der Waals surface area contributed by atoms with Gasteiger partial charge in [-0.1, -0.05) is 48.4 Å². The monoisotopic (exact) mass is 750 g/mol. The number of benzene rings is 3. The van der Waals surface area contributed by atoms with Crippen molar-refractivity contribution >= 4 is 17.6 Å². The Morgan fingerprint density at radius 3 is 2.46 bits per heavy atom. The number of piperidine rings is 2. The van der Waals surface area contributed by atoms with Crippen LogP contribution in [-0.4, -0.2) is 75.9 Å². The Labute approximate surface area is 321 Å². The summed E-state index contributed by atoms with van der Waals surface area (Å²) in [5.74, 6) is 1.98. The minimum atomic E-state index is -0.832. The van der Waals surface area contributed by atoms with Gasteiger partial charge >= 0.3 is 5.97 Å². The lowest BCUT2D eigenvalue weighted by atomic mass is 9.93. The summed E-state index contributed by atoms with van der Waals surface area (Å²) in [5.41, 5.74) is 7.31. The summed E-state index contributed by atoms with van der Waals surface area (Å²) in [4.78, 5) is 20.6. The second kappa shape index (κ2) is 16.8. The number of aliphatic hydroxyl groups excluding tert-OH is 1. The van der Waals surface area contributed by atoms with E-state index in [1.165, 1.54) is 6.20 Å². The zero-order valence-corrected chi connectivity index (χ0v) is 31.6. The van der Waals surface area contributed by atoms with Gasteiger partial charge in [0.1, 0.15) is 42.6 Å². The summed E-state index contributed by atoms with van der Waals surface area (Å²) in [5, 5.41) is 29.5. The van der Waals surface area contributed by atoms with Gasteiger partial charge in [-0.15, -0.1) is 0 Å². The van der Waals surface area contributed by atoms with Crippen LogP contribution in [-0.2, 0) is 24.6 Å². The van der Waals surface area contributed by atoms with Crippen molar-refractivity contribution in [1.29, 1.82) is 5.26 Å². The first-order chi connectivity index (χ1) is 26.2. The van der Waals surface area contributed by atoms with E-state index in [1.54, 1.807) is 24.4 Å². The number of nitriles is 1. The lowest BCUT2D eigenvalue weighted by Crippen LogP contribution is -2.44. The Hall–Kier alpha value is -4.66. The molecular weight excluding hydrogens is 704 g/mol. The average Bonchev–Trinajstić information content (AvgIpc) is 3.54. The number of hydrogen-bond acceptors (Lipinski definition) is 9. The van der Waals surface area contributed by atoms with Crippen molar-refractivity contribution in [3.63, 3.8) is 0 Å². The lowest BCUT2D eigenvalue weighted by molar-refractivity contribution is -0.144. The van der Waals surface area contributed by atoms with E-state index in [0.29, 0.717) is 60.0 Å². The number of aromatic nitrogens is 1. The molecule has 1 saturated carbocycles. The predicted octanol–water partition coefficient (Wildman–Crippen LogP) is 7.18. The molecule has 4 aromatic rings. The van der Waals surface area contributed by atoms with Crippen LogP contribution in [0.25, 0.3) is 11.1 Å². The van der Waals surface area contributed by atoms with Crippen molar-refractivity contribution in [2.75, 3.05) is 32.8 Å². The Morgan fingerprint density at radius 1 is 0.926 bits per heavy atom. The third-order valence-corrected chi connectivity index (χ3v) is 11.5. The van der Waals surface area contributed by atoms with Gasteiger partial charge in [-0.05, 0) is 85.7 Å². The quantitative estimate of drug-likeness (QED) is 0.121. The number of ether oxygens (including phenoxy) is 3. The molecule has 7 rings (SSSR count). The molecule has 3 heterocycles. The molecule has 1 aliphatic carbocycles. The molecule has 3 fully saturated rings. The first kappa shape index (κ1) is 37.6. The molecule has 0 amide bonds. The molecule has 3 aromatic carbocycles. The van der Waals surface area contributed by atoms with E-state index in [-0.39, 0.29) is 19.3 Å². The van der Waals surface area contributed by atoms with Crippen LogP contribution in [0.1, 0.15) is 59.1 Å². The lowest BCUT2D eigenvalue weighted by Gasteiger charge is -2.33. The van der Waals surface area contributed by atoms with Crippen LogP contribution in [0.5, 0.6) is 17.2 Å². The second-order valence-electron chi connectivity index (χ2n) is 14.8. The first-order valence-corrected chi connectivity index (χ1v) is 19.2. The highest BCUT2D eigenvalue weighted by molar-refractivity contribution is 6.32. The summed E-state index contributed by atoms with van der Waals surface area (Å²) in [6, 6.07) is 19.2. The van der Waals surface area contributed by atoms with Gasteiger partial charge in [0, 0.05) is 67.6 Å². The molecule has 2 aliphatic heterocycles. The van der Waals surface area contributed by atoms with E-state index in [9.17, 15) is 20.3 Å². The van der Waals surface area contributed by atoms with Crippen LogP contribution < -0.4 is 14.2 Å². The normalized spacial score (nSPS) is 20.9. The number of nitrogens with zero attached hydrogens (tertiary/aromatic N) is 4. The van der Waals surface area contributed by atoms with Crippen molar-refractivity contribution in [2.45, 2.75) is 71.4 Å². The van der Waals surface area contributed by atoms with Gasteiger partial charge in [0.2, 0.25) is 0 Å². The summed E-state index contributed by atoms with van der Waals surface area (Å²) < 4.78 is 19.0. The topological polar surface area (TPSA) is 128 Å². The average molecular weight is 751 g/mol. The first-order valence-electron chi connectivity index (χ1n) is 18.8. The molecule has 2 N–H and O–H groups in total. The minimum absolute atomic E-state index is 0.0799. The van der Waals surface area contributed by atoms with Crippen LogP contribution in [0.3, 0.4) is 0 Å². The Balaban J connectivity index is 1.05. The molecule has 2 unspecified atom stereocenters. The predicted molar refractivity (Wildman–Crippen MR) is 206 cm³/mol. The van der Waals surface area contributed by atoms with E-state index in [0.717, 1.165) is 83.6 Å². The summed E-state index contributed by atoms with van der Waals surface area (Å²) in [6.45, 7) is 9.26. The number of rotatable bonds is 15. The van der Waals surface area contributed by atoms with Crippen molar-refractivity contribution in [1.82, 2.24) is 14.8 Å². The number of aliphatic carboxylic acids is 1. The van der Waals surface area contributed by atoms with Crippen LogP contribution in [0.4, 0.5) is 0 Å². The van der Waals surface area contributed by atoms with Crippen molar-refractivity contribution in [3.8, 4) is 34.4 Å². The van der Waals surface area contributed by atoms with Gasteiger partial charge in [0.25, 0.3) is 0 Å². The molecule has 282 valence electrons. The number of fused-ring (bicyclic) bond motifs is 1. The summed E-state index contributed by atoms with van der Waals surface area (Å²) >= 11 is 6.86. The molecule has 10 nitrogen and oxygen atoms in total. The number of carboxylic acids is 1. The second-order valence-corrected chi connectivity index (χ2v) is 15.2. The summed E-state index contributed by atoms with van der Waals surface area (Å²) in [7, 11) is 0. The van der Waals surface area contributed by atoms with Crippen LogP contribution in [0.2, 0.25) is 5.02 Å². The van der Waals surface area contributed by atoms with E-state index in [1.807, 2.05) is 29.2 Å². The maximum atomic E-state index is 12.1. The minimum Gasteiger partial charge on any atom is -0.493 e. The molecule has 54 heavy (non-hydrogen) atoms. The Bertz CT molecular complexity index is 2020. The number of likely N-dealkylation sites (tertiary alicyclic amines) is 2. The van der Waals surface area contributed by atoms with Gasteiger partial charge in [-0.25, -0.2) is 0 Å². The van der Waals surface area contributed by atoms with Crippen LogP contribution >= 0.6 is 11.6 Å². The number of hydrogen-bond donors (Lipinski definition) is 2. The van der Waals surface area contributed by atoms with E-state index in [4.69, 9.17) is 25.8 Å². The number of halogens is 1. The fraction of sp³-hybridized carbons (Fsp3) is 0.419. The Kier molecular flexibility index (Phi) is 11.7. The van der Waals surface area contributed by atoms with E-state index >= 15 is 0 Å². The highest BCUT2D eigenvalue weighted by atomic mass is 35.5. The zero-order valence-electron chi connectivity index (χ0n) is 30.8. The maximum Gasteiger partial charge on any atom is 0.320 e. The van der Waals surface area contributed by atoms with Crippen LogP contribution in [0.15, 0.2) is 67.0 Å². The van der Waals surface area contributed by atoms with Crippen molar-refractivity contribution in [2.24, 2.45) is 11.8 Å². The fourth-order valence-corrected chi connectivity index (χ4v) is 8.24. The summed E-state index contributed by atoms with van der Waals surface area (Å²) in [6.07, 6.45) is 6.40. The van der Waals surface area contributed by atoms with Crippen LogP contribution in [0, 0.1) is 37.0 Å². The molecule has 0 spiro atoms. The van der Waals surface area contributed by atoms with Gasteiger partial charge in [-0.3, -0.25) is 14.7 Å². The molecule has 1 aromatic heterocycles. The smallest absolute Gasteiger partial charge is 0.320 e. The van der Waals surface area contributed by atoms with Gasteiger partial charge < -0.3 is 29.3 Å². The number of aliphatic hydroxyl groups is 1. The maximum absolute atomic E-state index is 12.1. The van der Waals surface area contributed by atoms with E-state index < -0.39 is 12.0 Å². The van der Waals surface area contributed by atoms with Crippen molar-refractivity contribution < 1.29 is 29.2 Å². The Morgan fingerprint density at radius 2 is 1.69 bits per heavy atom. The molecule has 0 radical (unpaired) electrons. The molecule has 11 heteroatoms. The zero-order chi connectivity index (χ0) is 37.8. The van der Waals surface area contributed by atoms with Gasteiger partial charge in [-0.2, -0.15) is 5.26 Å². The molecule has 3 aliphatic rings. The number of carbonyl (C=O) groups is 1. The standard InChI is InChI=1S/C43H47ClN4O6/c1-27-31(8-5-9-33(27)34-10-6-12-39(28(34)2)52-15-7-13-47-23-35-36(24-47)42(35)49)26-54-41-18-40(53-25-30-16-29(19-45)20-46-21-30)32(17-37(41)44)22-48-14-4-3-11-38(48)43(50)51/h5-6,8-10,12,16-18,20-21,35-36,38,42,49H,3-4,7,11,13-15,22-26H2,1-2H3,(H,50,51)/t35-,36?,38+,42?/m1/s1. The third kappa shape index (κ3) is 8.50. The largest absolute Gasteiger partial charge is 0.493 e.